The van der Waals surface area contributed by atoms with Gasteiger partial charge in [0.1, 0.15) is 22.4 Å². The second-order valence-corrected chi connectivity index (χ2v) is 7.32. The molecule has 0 aliphatic rings. The Morgan fingerprint density at radius 2 is 2.13 bits per heavy atom. The minimum atomic E-state index is -0.558. The predicted octanol–water partition coefficient (Wildman–Crippen LogP) is 4.29. The Morgan fingerprint density at radius 3 is 2.74 bits per heavy atom. The second-order valence-electron chi connectivity index (χ2n) is 6.30. The maximum absolute atomic E-state index is 13.7. The minimum absolute atomic E-state index is 0.321. The van der Waals surface area contributed by atoms with Crippen LogP contribution in [0.25, 0.3) is 10.1 Å². The lowest BCUT2D eigenvalue weighted by atomic mass is 10.1. The van der Waals surface area contributed by atoms with Crippen LogP contribution < -0.4 is 5.32 Å². The summed E-state index contributed by atoms with van der Waals surface area (Å²) in [5, 5.41) is 12.7. The molecule has 2 rings (SSSR count). The Kier molecular flexibility index (Phi) is 4.90. The molecule has 2 aromatic rings. The van der Waals surface area contributed by atoms with Gasteiger partial charge in [0.25, 0.3) is 0 Å². The van der Waals surface area contributed by atoms with Crippen LogP contribution in [0.3, 0.4) is 0 Å². The average Bonchev–Trinajstić information content (AvgIpc) is 2.75. The van der Waals surface area contributed by atoms with Gasteiger partial charge in [0.05, 0.1) is 0 Å². The van der Waals surface area contributed by atoms with Crippen molar-refractivity contribution in [2.45, 2.75) is 39.7 Å². The summed E-state index contributed by atoms with van der Waals surface area (Å²) in [6.45, 7) is 7.52. The summed E-state index contributed by atoms with van der Waals surface area (Å²) in [4.78, 5) is 12.2. The molecular weight excluding hydrogens is 315 g/mol. The number of carbonyl (C=O) groups is 1. The number of fused-ring (bicyclic) bond motifs is 1. The molecule has 0 unspecified atom stereocenters. The average molecular weight is 334 g/mol. The molecule has 1 aromatic heterocycles. The molecule has 0 aliphatic carbocycles. The molecule has 6 heteroatoms. The van der Waals surface area contributed by atoms with Gasteiger partial charge in [0.15, 0.2) is 0 Å². The number of halogens is 1. The van der Waals surface area contributed by atoms with Crippen molar-refractivity contribution >= 4 is 27.5 Å². The number of hydrogen-bond acceptors (Lipinski definition) is 4. The van der Waals surface area contributed by atoms with Gasteiger partial charge in [-0.15, -0.1) is 11.3 Å². The summed E-state index contributed by atoms with van der Waals surface area (Å²) in [6.07, 6.45) is -0.0525. The second kappa shape index (κ2) is 6.55. The zero-order chi connectivity index (χ0) is 17.2. The Morgan fingerprint density at radius 1 is 1.43 bits per heavy atom. The zero-order valence-electron chi connectivity index (χ0n) is 13.6. The van der Waals surface area contributed by atoms with E-state index < -0.39 is 11.7 Å². The molecule has 0 spiro atoms. The third kappa shape index (κ3) is 4.20. The molecule has 1 aromatic carbocycles. The van der Waals surface area contributed by atoms with E-state index in [-0.39, 0.29) is 5.82 Å². The summed E-state index contributed by atoms with van der Waals surface area (Å²) in [7, 11) is 0. The fourth-order valence-corrected chi connectivity index (χ4v) is 3.41. The van der Waals surface area contributed by atoms with Crippen molar-refractivity contribution in [1.82, 2.24) is 5.32 Å². The first-order valence-corrected chi connectivity index (χ1v) is 8.11. The Balaban J connectivity index is 2.17. The molecule has 0 saturated heterocycles. The number of nitrogens with one attached hydrogen (secondary N) is 1. The molecule has 1 N–H and O–H groups in total. The topological polar surface area (TPSA) is 62.1 Å². The van der Waals surface area contributed by atoms with Crippen LogP contribution in [0, 0.1) is 24.1 Å². The number of benzene rings is 1. The highest BCUT2D eigenvalue weighted by molar-refractivity contribution is 7.20. The molecule has 0 saturated carbocycles. The van der Waals surface area contributed by atoms with Crippen LogP contribution >= 0.6 is 11.3 Å². The lowest BCUT2D eigenvalue weighted by molar-refractivity contribution is 0.0528. The van der Waals surface area contributed by atoms with Crippen LogP contribution in [0.1, 0.15) is 36.8 Å². The summed E-state index contributed by atoms with van der Waals surface area (Å²) in [5.41, 5.74) is 1.02. The van der Waals surface area contributed by atoms with Crippen LogP contribution in [-0.4, -0.2) is 18.2 Å². The van der Waals surface area contributed by atoms with Crippen LogP contribution in [0.2, 0.25) is 0 Å². The van der Waals surface area contributed by atoms with Crippen molar-refractivity contribution in [2.24, 2.45) is 0 Å². The summed E-state index contributed by atoms with van der Waals surface area (Å²) in [6, 6.07) is 5.07. The molecule has 1 heterocycles. The predicted molar refractivity (Wildman–Crippen MR) is 89.2 cm³/mol. The van der Waals surface area contributed by atoms with Gasteiger partial charge in [-0.3, -0.25) is 0 Å². The van der Waals surface area contributed by atoms with Gasteiger partial charge < -0.3 is 10.1 Å². The lowest BCUT2D eigenvalue weighted by Gasteiger charge is -2.19. The van der Waals surface area contributed by atoms with Crippen molar-refractivity contribution in [3.05, 3.63) is 34.0 Å². The van der Waals surface area contributed by atoms with Crippen LogP contribution in [-0.2, 0) is 11.2 Å². The monoisotopic (exact) mass is 334 g/mol. The van der Waals surface area contributed by atoms with Crippen molar-refractivity contribution < 1.29 is 13.9 Å². The Hall–Kier alpha value is -2.13. The van der Waals surface area contributed by atoms with Gasteiger partial charge >= 0.3 is 6.09 Å². The Labute approximate surface area is 138 Å². The number of rotatable bonds is 3. The summed E-state index contributed by atoms with van der Waals surface area (Å²) >= 11 is 1.36. The third-order valence-electron chi connectivity index (χ3n) is 3.19. The zero-order valence-corrected chi connectivity index (χ0v) is 14.4. The molecule has 0 bridgehead atoms. The summed E-state index contributed by atoms with van der Waals surface area (Å²) in [5.74, 6) is -0.321. The molecule has 1 amide bonds. The van der Waals surface area contributed by atoms with Gasteiger partial charge in [0, 0.05) is 16.6 Å². The number of ether oxygens (including phenoxy) is 1. The fraction of sp³-hybridized carbons (Fsp3) is 0.412. The molecule has 0 fully saturated rings. The first kappa shape index (κ1) is 17.2. The molecule has 0 radical (unpaired) electrons. The number of carbonyl (C=O) groups excluding carboxylic acids is 1. The van der Waals surface area contributed by atoms with E-state index in [4.69, 9.17) is 4.74 Å². The maximum atomic E-state index is 13.7. The highest BCUT2D eigenvalue weighted by Crippen LogP contribution is 2.34. The number of hydrogen-bond donors (Lipinski definition) is 1. The van der Waals surface area contributed by atoms with E-state index >= 15 is 0 Å². The number of amides is 1. The molecular formula is C17H19FN2O2S. The van der Waals surface area contributed by atoms with Crippen molar-refractivity contribution in [3.8, 4) is 6.07 Å². The molecule has 23 heavy (non-hydrogen) atoms. The number of thiophene rings is 1. The Bertz CT molecular complexity index is 784. The van der Waals surface area contributed by atoms with Gasteiger partial charge in [0.2, 0.25) is 0 Å². The smallest absolute Gasteiger partial charge is 0.407 e. The highest BCUT2D eigenvalue weighted by Gasteiger charge is 2.17. The lowest BCUT2D eigenvalue weighted by Crippen LogP contribution is -2.33. The summed E-state index contributed by atoms with van der Waals surface area (Å²) < 4.78 is 19.7. The number of aryl methyl sites for hydroxylation is 1. The van der Waals surface area contributed by atoms with Gasteiger partial charge in [-0.05, 0) is 57.4 Å². The van der Waals surface area contributed by atoms with E-state index in [0.717, 1.165) is 21.2 Å². The van der Waals surface area contributed by atoms with Crippen molar-refractivity contribution in [2.75, 3.05) is 6.54 Å². The van der Waals surface area contributed by atoms with Crippen molar-refractivity contribution in [3.63, 3.8) is 0 Å². The third-order valence-corrected chi connectivity index (χ3v) is 4.48. The van der Waals surface area contributed by atoms with E-state index in [1.807, 2.05) is 6.92 Å². The van der Waals surface area contributed by atoms with E-state index in [1.165, 1.54) is 23.5 Å². The van der Waals surface area contributed by atoms with E-state index in [2.05, 4.69) is 11.4 Å². The first-order valence-electron chi connectivity index (χ1n) is 7.30. The number of alkyl carbamates (subject to hydrolysis) is 1. The molecule has 0 aliphatic heterocycles. The van der Waals surface area contributed by atoms with Crippen molar-refractivity contribution in [1.29, 1.82) is 5.26 Å². The highest BCUT2D eigenvalue weighted by atomic mass is 32.1. The number of nitriles is 1. The quantitative estimate of drug-likeness (QED) is 0.911. The van der Waals surface area contributed by atoms with E-state index in [0.29, 0.717) is 17.8 Å². The van der Waals surface area contributed by atoms with Gasteiger partial charge in [-0.1, -0.05) is 0 Å². The maximum Gasteiger partial charge on any atom is 0.407 e. The molecule has 122 valence electrons. The van der Waals surface area contributed by atoms with Gasteiger partial charge in [-0.2, -0.15) is 5.26 Å². The van der Waals surface area contributed by atoms with Crippen LogP contribution in [0.4, 0.5) is 9.18 Å². The number of nitrogens with zero attached hydrogens (tertiary/aromatic N) is 1. The normalized spacial score (nSPS) is 11.3. The standard InChI is InChI=1S/C17H19FN2O2S/c1-10-7-11(18)8-13-12(14(9-19)23-15(10)13)5-6-20-16(21)22-17(2,3)4/h7-8H,5-6H2,1-4H3,(H,20,21). The van der Waals surface area contributed by atoms with E-state index in [1.54, 1.807) is 20.8 Å². The van der Waals surface area contributed by atoms with Gasteiger partial charge in [-0.25, -0.2) is 9.18 Å². The largest absolute Gasteiger partial charge is 0.444 e. The van der Waals surface area contributed by atoms with Crippen LogP contribution in [0.5, 0.6) is 0 Å². The minimum Gasteiger partial charge on any atom is -0.444 e. The van der Waals surface area contributed by atoms with E-state index in [9.17, 15) is 14.4 Å². The van der Waals surface area contributed by atoms with Crippen LogP contribution in [0.15, 0.2) is 12.1 Å². The SMILES string of the molecule is Cc1cc(F)cc2c(CCNC(=O)OC(C)(C)C)c(C#N)sc12. The molecule has 0 atom stereocenters. The first-order chi connectivity index (χ1) is 10.7. The molecule has 4 nitrogen and oxygen atoms in total. The fourth-order valence-electron chi connectivity index (χ4n) is 2.32.